The fourth-order valence-corrected chi connectivity index (χ4v) is 5.15. The third kappa shape index (κ3) is 6.37. The van der Waals surface area contributed by atoms with Crippen LogP contribution >= 0.6 is 47.1 Å². The van der Waals surface area contributed by atoms with E-state index in [9.17, 15) is 0 Å². The highest BCUT2D eigenvalue weighted by molar-refractivity contribution is 14.0. The summed E-state index contributed by atoms with van der Waals surface area (Å²) in [6.07, 6.45) is 4.62. The van der Waals surface area contributed by atoms with E-state index in [1.54, 1.807) is 11.8 Å². The van der Waals surface area contributed by atoms with Crippen LogP contribution in [0.15, 0.2) is 51.7 Å². The number of nitrogens with zero attached hydrogens (tertiary/aromatic N) is 2. The van der Waals surface area contributed by atoms with Crippen molar-refractivity contribution in [2.24, 2.45) is 10.9 Å². The third-order valence-corrected chi connectivity index (χ3v) is 6.90. The summed E-state index contributed by atoms with van der Waals surface area (Å²) in [4.78, 5) is 9.68. The summed E-state index contributed by atoms with van der Waals surface area (Å²) >= 11 is 3.64. The summed E-state index contributed by atoms with van der Waals surface area (Å²) in [7, 11) is 4.10. The first-order valence-corrected chi connectivity index (χ1v) is 11.6. The maximum Gasteiger partial charge on any atom is 0.191 e. The molecular weight excluding hydrogens is 499 g/mol. The number of guanidine groups is 1. The van der Waals surface area contributed by atoms with Crippen LogP contribution in [0.2, 0.25) is 0 Å². The van der Waals surface area contributed by atoms with Crippen LogP contribution in [-0.4, -0.2) is 44.3 Å². The molecule has 1 aromatic heterocycles. The molecule has 0 aliphatic carbocycles. The average Bonchev–Trinajstić information content (AvgIpc) is 3.23. The Labute approximate surface area is 194 Å². The first-order valence-electron chi connectivity index (χ1n) is 9.52. The van der Waals surface area contributed by atoms with Gasteiger partial charge in [-0.3, -0.25) is 9.89 Å². The lowest BCUT2D eigenvalue weighted by atomic mass is 9.88. The van der Waals surface area contributed by atoms with Gasteiger partial charge in [0.1, 0.15) is 0 Å². The van der Waals surface area contributed by atoms with E-state index >= 15 is 0 Å². The zero-order valence-electron chi connectivity index (χ0n) is 16.9. The molecule has 2 heterocycles. The molecule has 154 valence electrons. The molecule has 2 aromatic rings. The van der Waals surface area contributed by atoms with Gasteiger partial charge in [-0.2, -0.15) is 0 Å². The molecule has 1 aliphatic rings. The Morgan fingerprint density at radius 1 is 1.25 bits per heavy atom. The first-order chi connectivity index (χ1) is 13.2. The molecule has 2 unspecified atom stereocenters. The van der Waals surface area contributed by atoms with Crippen molar-refractivity contribution in [1.29, 1.82) is 0 Å². The number of hydrogen-bond acceptors (Lipinski definition) is 4. The van der Waals surface area contributed by atoms with Crippen molar-refractivity contribution in [3.8, 4) is 0 Å². The van der Waals surface area contributed by atoms with Crippen molar-refractivity contribution in [3.63, 3.8) is 0 Å². The molecule has 7 heteroatoms. The maximum atomic E-state index is 4.41. The van der Waals surface area contributed by atoms with E-state index in [1.807, 2.05) is 18.4 Å². The van der Waals surface area contributed by atoms with Gasteiger partial charge in [-0.1, -0.05) is 18.2 Å². The molecule has 0 radical (unpaired) electrons. The van der Waals surface area contributed by atoms with Gasteiger partial charge in [0.2, 0.25) is 0 Å². The van der Waals surface area contributed by atoms with Crippen molar-refractivity contribution >= 4 is 53.0 Å². The predicted molar refractivity (Wildman–Crippen MR) is 134 cm³/mol. The number of benzene rings is 1. The Kier molecular flexibility index (Phi) is 10.1. The van der Waals surface area contributed by atoms with E-state index in [0.29, 0.717) is 12.0 Å². The molecule has 2 N–H and O–H groups in total. The minimum Gasteiger partial charge on any atom is -0.356 e. The molecule has 4 nitrogen and oxygen atoms in total. The predicted octanol–water partition coefficient (Wildman–Crippen LogP) is 4.84. The Balaban J connectivity index is 0.00000280. The van der Waals surface area contributed by atoms with E-state index in [1.165, 1.54) is 34.7 Å². The molecule has 3 rings (SSSR count). The number of aliphatic imine (C=N–C) groups is 1. The van der Waals surface area contributed by atoms with Gasteiger partial charge in [-0.25, -0.2) is 0 Å². The van der Waals surface area contributed by atoms with Gasteiger partial charge in [0.05, 0.1) is 0 Å². The summed E-state index contributed by atoms with van der Waals surface area (Å²) in [6.45, 7) is 2.91. The topological polar surface area (TPSA) is 39.7 Å². The number of piperidine rings is 1. The van der Waals surface area contributed by atoms with Crippen molar-refractivity contribution in [2.45, 2.75) is 30.3 Å². The molecule has 1 saturated heterocycles. The second-order valence-electron chi connectivity index (χ2n) is 7.00. The van der Waals surface area contributed by atoms with Gasteiger partial charge in [0.15, 0.2) is 5.96 Å². The SMILES string of the molecule is CN=C(NCc1ccc(SC)cc1)NCC1CCCN(C)C1c1cccs1.I. The second-order valence-corrected chi connectivity index (χ2v) is 8.86. The fraction of sp³-hybridized carbons (Fsp3) is 0.476. The molecule has 0 spiro atoms. The Morgan fingerprint density at radius 2 is 2.04 bits per heavy atom. The zero-order valence-corrected chi connectivity index (χ0v) is 20.8. The largest absolute Gasteiger partial charge is 0.356 e. The Bertz CT molecular complexity index is 719. The quantitative estimate of drug-likeness (QED) is 0.243. The van der Waals surface area contributed by atoms with Crippen molar-refractivity contribution in [1.82, 2.24) is 15.5 Å². The van der Waals surface area contributed by atoms with Crippen LogP contribution in [0.1, 0.15) is 29.3 Å². The Hall–Kier alpha value is -0.770. The van der Waals surface area contributed by atoms with Gasteiger partial charge < -0.3 is 10.6 Å². The van der Waals surface area contributed by atoms with E-state index < -0.39 is 0 Å². The van der Waals surface area contributed by atoms with Gasteiger partial charge in [0, 0.05) is 36.0 Å². The normalized spacial score (nSPS) is 20.5. The third-order valence-electron chi connectivity index (χ3n) is 5.22. The van der Waals surface area contributed by atoms with Gasteiger partial charge in [-0.05, 0) is 67.8 Å². The van der Waals surface area contributed by atoms with Crippen molar-refractivity contribution in [2.75, 3.05) is 33.4 Å². The van der Waals surface area contributed by atoms with Crippen LogP contribution in [0, 0.1) is 5.92 Å². The number of thiophene rings is 1. The summed E-state index contributed by atoms with van der Waals surface area (Å²) in [5.41, 5.74) is 1.27. The van der Waals surface area contributed by atoms with Crippen LogP contribution in [0.3, 0.4) is 0 Å². The smallest absolute Gasteiger partial charge is 0.191 e. The lowest BCUT2D eigenvalue weighted by molar-refractivity contribution is 0.125. The fourth-order valence-electron chi connectivity index (χ4n) is 3.76. The highest BCUT2D eigenvalue weighted by Crippen LogP contribution is 2.36. The zero-order chi connectivity index (χ0) is 19.1. The molecule has 28 heavy (non-hydrogen) atoms. The highest BCUT2D eigenvalue weighted by atomic mass is 127. The standard InChI is InChI=1S/C21H30N4S2.HI/c1-22-21(23-14-16-8-10-18(26-3)11-9-16)24-15-17-6-4-12-25(2)20(17)19-7-5-13-27-19;/h5,7-11,13,17,20H,4,6,12,14-15H2,1-3H3,(H2,22,23,24);1H. The molecule has 2 atom stereocenters. The van der Waals surface area contributed by atoms with E-state index in [0.717, 1.165) is 19.0 Å². The first kappa shape index (κ1) is 23.5. The monoisotopic (exact) mass is 530 g/mol. The molecular formula is C21H31IN4S2. The lowest BCUT2D eigenvalue weighted by Gasteiger charge is -2.39. The van der Waals surface area contributed by atoms with Crippen LogP contribution in [0.25, 0.3) is 0 Å². The Morgan fingerprint density at radius 3 is 2.68 bits per heavy atom. The van der Waals surface area contributed by atoms with E-state index in [4.69, 9.17) is 0 Å². The van der Waals surface area contributed by atoms with Crippen LogP contribution in [0.5, 0.6) is 0 Å². The molecule has 1 aliphatic heterocycles. The number of hydrogen-bond donors (Lipinski definition) is 2. The van der Waals surface area contributed by atoms with Gasteiger partial charge >= 0.3 is 0 Å². The maximum absolute atomic E-state index is 4.41. The summed E-state index contributed by atoms with van der Waals surface area (Å²) in [5, 5.41) is 9.19. The van der Waals surface area contributed by atoms with Crippen molar-refractivity contribution in [3.05, 3.63) is 52.2 Å². The van der Waals surface area contributed by atoms with Crippen LogP contribution in [-0.2, 0) is 6.54 Å². The molecule has 0 saturated carbocycles. The lowest BCUT2D eigenvalue weighted by Crippen LogP contribution is -2.44. The summed E-state index contributed by atoms with van der Waals surface area (Å²) < 4.78 is 0. The summed E-state index contributed by atoms with van der Waals surface area (Å²) in [6, 6.07) is 13.6. The van der Waals surface area contributed by atoms with E-state index in [2.05, 4.69) is 75.6 Å². The van der Waals surface area contributed by atoms with Gasteiger partial charge in [0.25, 0.3) is 0 Å². The minimum absolute atomic E-state index is 0. The number of nitrogens with one attached hydrogen (secondary N) is 2. The van der Waals surface area contributed by atoms with Crippen LogP contribution < -0.4 is 10.6 Å². The number of rotatable bonds is 6. The number of likely N-dealkylation sites (tertiary alicyclic amines) is 1. The van der Waals surface area contributed by atoms with Crippen LogP contribution in [0.4, 0.5) is 0 Å². The molecule has 0 bridgehead atoms. The number of halogens is 1. The van der Waals surface area contributed by atoms with E-state index in [-0.39, 0.29) is 24.0 Å². The molecule has 1 fully saturated rings. The van der Waals surface area contributed by atoms with Gasteiger partial charge in [-0.15, -0.1) is 47.1 Å². The summed E-state index contributed by atoms with van der Waals surface area (Å²) in [5.74, 6) is 1.48. The highest BCUT2D eigenvalue weighted by Gasteiger charge is 2.31. The minimum atomic E-state index is 0. The molecule has 1 aromatic carbocycles. The molecule has 0 amide bonds. The average molecular weight is 531 g/mol. The second kappa shape index (κ2) is 12.0. The van der Waals surface area contributed by atoms with Crippen molar-refractivity contribution < 1.29 is 0 Å². The number of thioether (sulfide) groups is 1.